The molecule has 1 aromatic carbocycles. The maximum absolute atomic E-state index is 11.8. The topological polar surface area (TPSA) is 109 Å². The Hall–Kier alpha value is -2.03. The van der Waals surface area contributed by atoms with Crippen LogP contribution in [0.3, 0.4) is 0 Å². The molecule has 3 aromatic rings. The molecule has 0 saturated carbocycles. The number of aromatic carboxylic acids is 1. The van der Waals surface area contributed by atoms with Gasteiger partial charge in [0, 0.05) is 15.4 Å². The Morgan fingerprint density at radius 3 is 2.65 bits per heavy atom. The first kappa shape index (κ1) is 18.8. The maximum Gasteiger partial charge on any atom is 0.372 e. The van der Waals surface area contributed by atoms with Crippen molar-refractivity contribution in [2.45, 2.75) is 32.2 Å². The molecule has 0 amide bonds. The molecule has 2 heterocycles. The van der Waals surface area contributed by atoms with Gasteiger partial charge in [-0.3, -0.25) is 4.79 Å². The third-order valence-corrected chi connectivity index (χ3v) is 5.89. The number of aryl methyl sites for hydroxylation is 2. The van der Waals surface area contributed by atoms with Crippen molar-refractivity contribution in [2.75, 3.05) is 0 Å². The van der Waals surface area contributed by atoms with Crippen LogP contribution in [-0.4, -0.2) is 21.0 Å². The van der Waals surface area contributed by atoms with Gasteiger partial charge in [0.15, 0.2) is 0 Å². The van der Waals surface area contributed by atoms with E-state index in [1.807, 2.05) is 31.2 Å². The number of aromatic nitrogens is 2. The molecule has 0 unspecified atom stereocenters. The van der Waals surface area contributed by atoms with Crippen molar-refractivity contribution in [1.29, 1.82) is 0 Å². The van der Waals surface area contributed by atoms with Crippen LogP contribution in [0.5, 0.6) is 0 Å². The van der Waals surface area contributed by atoms with Crippen molar-refractivity contribution in [1.82, 2.24) is 9.97 Å². The average molecular weight is 436 g/mol. The van der Waals surface area contributed by atoms with Gasteiger partial charge in [0.05, 0.1) is 5.39 Å². The minimum Gasteiger partial charge on any atom is -0.475 e. The Balaban J connectivity index is 0.000000170. The first-order chi connectivity index (χ1) is 12.4. The summed E-state index contributed by atoms with van der Waals surface area (Å²) in [6.45, 7) is 1.98. The lowest BCUT2D eigenvalue weighted by molar-refractivity contribution is 0.0683. The van der Waals surface area contributed by atoms with Crippen LogP contribution in [0, 0.1) is 0 Å². The fourth-order valence-corrected chi connectivity index (χ4v) is 4.40. The van der Waals surface area contributed by atoms with Crippen molar-refractivity contribution in [3.63, 3.8) is 0 Å². The van der Waals surface area contributed by atoms with Gasteiger partial charge in [-0.1, -0.05) is 28.1 Å². The molecule has 2 aromatic heterocycles. The van der Waals surface area contributed by atoms with E-state index in [2.05, 4.69) is 25.9 Å². The van der Waals surface area contributed by atoms with Gasteiger partial charge in [-0.25, -0.2) is 9.78 Å². The van der Waals surface area contributed by atoms with E-state index in [-0.39, 0.29) is 17.4 Å². The highest BCUT2D eigenvalue weighted by molar-refractivity contribution is 9.10. The number of benzene rings is 1. The molecular weight excluding hydrogens is 418 g/mol. The SMILES string of the molecule is C[C@H](N)c1ccc(Br)cc1.O=C(O)c1nc2sc3c(c2c(=O)[nH]1)CCC3. The molecule has 0 fully saturated rings. The molecule has 1 aliphatic carbocycles. The Morgan fingerprint density at radius 2 is 2.04 bits per heavy atom. The monoisotopic (exact) mass is 435 g/mol. The maximum atomic E-state index is 11.8. The molecule has 6 nitrogen and oxygen atoms in total. The zero-order valence-corrected chi connectivity index (χ0v) is 16.5. The molecule has 0 radical (unpaired) electrons. The van der Waals surface area contributed by atoms with E-state index in [9.17, 15) is 9.59 Å². The summed E-state index contributed by atoms with van der Waals surface area (Å²) in [4.78, 5) is 30.5. The zero-order valence-electron chi connectivity index (χ0n) is 14.1. The van der Waals surface area contributed by atoms with E-state index in [1.165, 1.54) is 21.8 Å². The van der Waals surface area contributed by atoms with Gasteiger partial charge in [0.1, 0.15) is 4.83 Å². The number of rotatable bonds is 2. The highest BCUT2D eigenvalue weighted by Crippen LogP contribution is 2.34. The van der Waals surface area contributed by atoms with Crippen LogP contribution in [-0.2, 0) is 12.8 Å². The molecule has 1 aliphatic rings. The molecule has 0 spiro atoms. The summed E-state index contributed by atoms with van der Waals surface area (Å²) >= 11 is 4.79. The lowest BCUT2D eigenvalue weighted by atomic mass is 10.1. The Morgan fingerprint density at radius 1 is 1.35 bits per heavy atom. The molecule has 26 heavy (non-hydrogen) atoms. The second-order valence-electron chi connectivity index (χ2n) is 6.10. The number of nitrogens with one attached hydrogen (secondary N) is 1. The highest BCUT2D eigenvalue weighted by atomic mass is 79.9. The number of halogens is 1. The van der Waals surface area contributed by atoms with Crippen molar-refractivity contribution < 1.29 is 9.90 Å². The molecular formula is C18H18BrN3O3S. The van der Waals surface area contributed by atoms with Gasteiger partial charge in [-0.05, 0) is 49.4 Å². The first-order valence-electron chi connectivity index (χ1n) is 8.15. The molecule has 1 atom stereocenters. The number of carbonyl (C=O) groups is 1. The fraction of sp³-hybridized carbons (Fsp3) is 0.278. The number of thiophene rings is 1. The van der Waals surface area contributed by atoms with Crippen molar-refractivity contribution >= 4 is 43.5 Å². The van der Waals surface area contributed by atoms with Crippen LogP contribution >= 0.6 is 27.3 Å². The first-order valence-corrected chi connectivity index (χ1v) is 9.76. The second kappa shape index (κ2) is 7.69. The molecule has 8 heteroatoms. The Kier molecular flexibility index (Phi) is 5.55. The van der Waals surface area contributed by atoms with Crippen LogP contribution in [0.2, 0.25) is 0 Å². The number of aromatic amines is 1. The van der Waals surface area contributed by atoms with Crippen LogP contribution in [0.4, 0.5) is 0 Å². The quantitative estimate of drug-likeness (QED) is 0.568. The van der Waals surface area contributed by atoms with Gasteiger partial charge in [0.2, 0.25) is 5.82 Å². The molecule has 0 saturated heterocycles. The number of carboxylic acids is 1. The minimum atomic E-state index is -1.20. The summed E-state index contributed by atoms with van der Waals surface area (Å²) in [6, 6.07) is 8.18. The summed E-state index contributed by atoms with van der Waals surface area (Å²) in [5.41, 5.74) is 7.55. The predicted octanol–water partition coefficient (Wildman–Crippen LogP) is 3.64. The van der Waals surface area contributed by atoms with E-state index in [0.29, 0.717) is 10.2 Å². The lowest BCUT2D eigenvalue weighted by Gasteiger charge is -2.03. The molecule has 0 bridgehead atoms. The fourth-order valence-electron chi connectivity index (χ4n) is 2.87. The number of carboxylic acid groups (broad SMARTS) is 1. The molecule has 136 valence electrons. The third kappa shape index (κ3) is 3.87. The summed E-state index contributed by atoms with van der Waals surface area (Å²) in [5.74, 6) is -1.48. The molecule has 0 aliphatic heterocycles. The van der Waals surface area contributed by atoms with Gasteiger partial charge in [-0.2, -0.15) is 0 Å². The number of nitrogens with zero attached hydrogens (tertiary/aromatic N) is 1. The standard InChI is InChI=1S/C10H8N2O3S.C8H10BrN/c13-8-6-4-2-1-3-5(4)16-9(6)12-7(11-8)10(14)15;1-6(10)7-2-4-8(9)5-3-7/h1-3H2,(H,14,15)(H,11,12,13);2-6H,10H2,1H3/t;6-/m.0/s1. The lowest BCUT2D eigenvalue weighted by Crippen LogP contribution is -2.15. The molecule has 4 rings (SSSR count). The number of fused-ring (bicyclic) bond motifs is 3. The van der Waals surface area contributed by atoms with E-state index in [4.69, 9.17) is 10.8 Å². The van der Waals surface area contributed by atoms with Crippen LogP contribution < -0.4 is 11.3 Å². The summed E-state index contributed by atoms with van der Waals surface area (Å²) in [7, 11) is 0. The normalized spacial score (nSPS) is 13.8. The summed E-state index contributed by atoms with van der Waals surface area (Å²) in [6.07, 6.45) is 2.93. The summed E-state index contributed by atoms with van der Waals surface area (Å²) < 4.78 is 1.09. The average Bonchev–Trinajstić information content (AvgIpc) is 3.16. The zero-order chi connectivity index (χ0) is 18.8. The van der Waals surface area contributed by atoms with E-state index in [1.54, 1.807) is 0 Å². The summed E-state index contributed by atoms with van der Waals surface area (Å²) in [5, 5.41) is 9.37. The minimum absolute atomic E-state index is 0.132. The van der Waals surface area contributed by atoms with Gasteiger partial charge in [0.25, 0.3) is 5.56 Å². The van der Waals surface area contributed by atoms with Crippen molar-refractivity contribution in [3.8, 4) is 0 Å². The van der Waals surface area contributed by atoms with Crippen LogP contribution in [0.15, 0.2) is 33.5 Å². The van der Waals surface area contributed by atoms with Crippen molar-refractivity contribution in [2.24, 2.45) is 5.73 Å². The van der Waals surface area contributed by atoms with Crippen molar-refractivity contribution in [3.05, 3.63) is 60.9 Å². The number of hydrogen-bond donors (Lipinski definition) is 3. The highest BCUT2D eigenvalue weighted by Gasteiger charge is 2.22. The van der Waals surface area contributed by atoms with Crippen LogP contribution in [0.1, 0.15) is 46.0 Å². The Labute approximate surface area is 162 Å². The largest absolute Gasteiger partial charge is 0.475 e. The number of hydrogen-bond acceptors (Lipinski definition) is 5. The van der Waals surface area contributed by atoms with E-state index < -0.39 is 5.97 Å². The third-order valence-electron chi connectivity index (χ3n) is 4.17. The second-order valence-corrected chi connectivity index (χ2v) is 8.10. The van der Waals surface area contributed by atoms with E-state index >= 15 is 0 Å². The number of H-pyrrole nitrogens is 1. The predicted molar refractivity (Wildman–Crippen MR) is 106 cm³/mol. The Bertz CT molecular complexity index is 1010. The molecule has 4 N–H and O–H groups in total. The van der Waals surface area contributed by atoms with Gasteiger partial charge in [-0.15, -0.1) is 11.3 Å². The number of nitrogens with two attached hydrogens (primary N) is 1. The van der Waals surface area contributed by atoms with Gasteiger partial charge >= 0.3 is 5.97 Å². The van der Waals surface area contributed by atoms with E-state index in [0.717, 1.165) is 29.3 Å². The van der Waals surface area contributed by atoms with Gasteiger partial charge < -0.3 is 15.8 Å². The van der Waals surface area contributed by atoms with Crippen LogP contribution in [0.25, 0.3) is 10.2 Å². The smallest absolute Gasteiger partial charge is 0.372 e.